The molecule has 1 saturated carbocycles. The van der Waals surface area contributed by atoms with Crippen LogP contribution in [0, 0.1) is 5.92 Å². The number of methoxy groups -OCH3 is 1. The van der Waals surface area contributed by atoms with Gasteiger partial charge >= 0.3 is 0 Å². The van der Waals surface area contributed by atoms with Crippen molar-refractivity contribution in [3.8, 4) is 11.5 Å². The Hall–Kier alpha value is -1.22. The van der Waals surface area contributed by atoms with Gasteiger partial charge in [0.2, 0.25) is 0 Å². The molecule has 16 heavy (non-hydrogen) atoms. The van der Waals surface area contributed by atoms with Crippen LogP contribution >= 0.6 is 0 Å². The topological polar surface area (TPSA) is 44.5 Å². The van der Waals surface area contributed by atoms with E-state index in [0.29, 0.717) is 6.10 Å². The van der Waals surface area contributed by atoms with Crippen molar-refractivity contribution in [1.29, 1.82) is 0 Å². The lowest BCUT2D eigenvalue weighted by Crippen LogP contribution is -2.30. The van der Waals surface area contributed by atoms with Gasteiger partial charge in [-0.05, 0) is 24.8 Å². The first-order chi connectivity index (χ1) is 7.78. The Morgan fingerprint density at radius 1 is 1.38 bits per heavy atom. The quantitative estimate of drug-likeness (QED) is 0.829. The smallest absolute Gasteiger partial charge is 0.128 e. The van der Waals surface area contributed by atoms with Crippen molar-refractivity contribution in [3.63, 3.8) is 0 Å². The summed E-state index contributed by atoms with van der Waals surface area (Å²) in [5, 5.41) is 0. The molecule has 1 aliphatic heterocycles. The summed E-state index contributed by atoms with van der Waals surface area (Å²) in [5.74, 6) is 2.47. The first-order valence-electron chi connectivity index (χ1n) is 5.88. The summed E-state index contributed by atoms with van der Waals surface area (Å²) in [4.78, 5) is 0. The molecule has 3 rings (SSSR count). The maximum Gasteiger partial charge on any atom is 0.128 e. The molecule has 0 spiro atoms. The summed E-state index contributed by atoms with van der Waals surface area (Å²) in [6.45, 7) is 0. The zero-order chi connectivity index (χ0) is 11.1. The Kier molecular flexibility index (Phi) is 2.28. The third-order valence-corrected chi connectivity index (χ3v) is 3.53. The predicted octanol–water partition coefficient (Wildman–Crippen LogP) is 2.26. The zero-order valence-electron chi connectivity index (χ0n) is 9.48. The molecule has 2 aliphatic rings. The Labute approximate surface area is 95.5 Å². The normalized spacial score (nSPS) is 28.1. The second kappa shape index (κ2) is 3.67. The van der Waals surface area contributed by atoms with Crippen molar-refractivity contribution in [3.05, 3.63) is 23.8 Å². The van der Waals surface area contributed by atoms with Gasteiger partial charge in [0.1, 0.15) is 17.6 Å². The number of benzene rings is 1. The Balaban J connectivity index is 1.91. The van der Waals surface area contributed by atoms with Gasteiger partial charge < -0.3 is 15.2 Å². The lowest BCUT2D eigenvalue weighted by molar-refractivity contribution is 0.137. The Morgan fingerprint density at radius 2 is 2.19 bits per heavy atom. The minimum atomic E-state index is 0.111. The summed E-state index contributed by atoms with van der Waals surface area (Å²) in [7, 11) is 1.67. The van der Waals surface area contributed by atoms with Gasteiger partial charge in [-0.1, -0.05) is 6.07 Å². The number of ether oxygens (including phenoxy) is 2. The maximum absolute atomic E-state index is 6.17. The lowest BCUT2D eigenvalue weighted by Gasteiger charge is -2.30. The van der Waals surface area contributed by atoms with Gasteiger partial charge in [-0.3, -0.25) is 0 Å². The van der Waals surface area contributed by atoms with Crippen molar-refractivity contribution in [2.24, 2.45) is 11.7 Å². The van der Waals surface area contributed by atoms with Crippen LogP contribution in [0.2, 0.25) is 0 Å². The number of fused-ring (bicyclic) bond motifs is 1. The number of rotatable bonds is 2. The number of hydrogen-bond donors (Lipinski definition) is 1. The van der Waals surface area contributed by atoms with Crippen LogP contribution in [0.4, 0.5) is 0 Å². The molecule has 2 atom stereocenters. The van der Waals surface area contributed by atoms with E-state index in [1.165, 1.54) is 12.8 Å². The van der Waals surface area contributed by atoms with E-state index >= 15 is 0 Å². The van der Waals surface area contributed by atoms with Crippen LogP contribution in [-0.2, 0) is 0 Å². The molecule has 2 N–H and O–H groups in total. The van der Waals surface area contributed by atoms with Gasteiger partial charge in [-0.2, -0.15) is 0 Å². The van der Waals surface area contributed by atoms with Gasteiger partial charge in [-0.25, -0.2) is 0 Å². The summed E-state index contributed by atoms with van der Waals surface area (Å²) < 4.78 is 11.2. The van der Waals surface area contributed by atoms with Gasteiger partial charge in [0.15, 0.2) is 0 Å². The van der Waals surface area contributed by atoms with Crippen LogP contribution < -0.4 is 15.2 Å². The van der Waals surface area contributed by atoms with Crippen molar-refractivity contribution in [2.75, 3.05) is 7.11 Å². The average Bonchev–Trinajstić information content (AvgIpc) is 3.12. The van der Waals surface area contributed by atoms with Crippen molar-refractivity contribution >= 4 is 0 Å². The van der Waals surface area contributed by atoms with Crippen molar-refractivity contribution in [2.45, 2.75) is 31.4 Å². The molecule has 1 aromatic carbocycles. The van der Waals surface area contributed by atoms with Crippen LogP contribution in [0.25, 0.3) is 0 Å². The van der Waals surface area contributed by atoms with E-state index in [0.717, 1.165) is 29.4 Å². The minimum Gasteiger partial charge on any atom is -0.497 e. The maximum atomic E-state index is 6.17. The molecule has 1 heterocycles. The molecule has 0 saturated heterocycles. The fourth-order valence-electron chi connectivity index (χ4n) is 2.40. The molecular weight excluding hydrogens is 202 g/mol. The molecule has 0 bridgehead atoms. The fraction of sp³-hybridized carbons (Fsp3) is 0.538. The summed E-state index contributed by atoms with van der Waals surface area (Å²) in [5.41, 5.74) is 7.28. The molecule has 0 unspecified atom stereocenters. The molecular formula is C13H17NO2. The van der Waals surface area contributed by atoms with Gasteiger partial charge in [-0.15, -0.1) is 0 Å². The SMILES string of the molecule is COc1ccc2c(c1)O[C@H](C1CC1)C[C@H]2N. The predicted molar refractivity (Wildman–Crippen MR) is 61.7 cm³/mol. The summed E-state index contributed by atoms with van der Waals surface area (Å²) in [6.07, 6.45) is 3.84. The van der Waals surface area contributed by atoms with Crippen LogP contribution in [0.1, 0.15) is 30.9 Å². The standard InChI is InChI=1S/C13H17NO2/c1-15-9-4-5-10-11(14)7-12(8-2-3-8)16-13(10)6-9/h4-6,8,11-12H,2-3,7,14H2,1H3/t11-,12+/m1/s1. The Bertz CT molecular complexity index is 401. The molecule has 0 radical (unpaired) electrons. The van der Waals surface area contributed by atoms with E-state index in [9.17, 15) is 0 Å². The summed E-state index contributed by atoms with van der Waals surface area (Å²) >= 11 is 0. The second-order valence-corrected chi connectivity index (χ2v) is 4.74. The highest BCUT2D eigenvalue weighted by Crippen LogP contribution is 2.44. The molecule has 3 nitrogen and oxygen atoms in total. The highest BCUT2D eigenvalue weighted by atomic mass is 16.5. The average molecular weight is 219 g/mol. The Morgan fingerprint density at radius 3 is 2.88 bits per heavy atom. The van der Waals surface area contributed by atoms with E-state index in [1.807, 2.05) is 18.2 Å². The van der Waals surface area contributed by atoms with E-state index in [4.69, 9.17) is 15.2 Å². The largest absolute Gasteiger partial charge is 0.497 e. The second-order valence-electron chi connectivity index (χ2n) is 4.74. The molecule has 3 heteroatoms. The number of nitrogens with two attached hydrogens (primary N) is 1. The third kappa shape index (κ3) is 1.65. The zero-order valence-corrected chi connectivity index (χ0v) is 9.48. The van der Waals surface area contributed by atoms with Crippen LogP contribution in [0.5, 0.6) is 11.5 Å². The van der Waals surface area contributed by atoms with Crippen molar-refractivity contribution in [1.82, 2.24) is 0 Å². The third-order valence-electron chi connectivity index (χ3n) is 3.53. The van der Waals surface area contributed by atoms with Crippen molar-refractivity contribution < 1.29 is 9.47 Å². The van der Waals surface area contributed by atoms with Gasteiger partial charge in [0, 0.05) is 24.1 Å². The molecule has 1 aliphatic carbocycles. The molecule has 0 aromatic heterocycles. The molecule has 86 valence electrons. The van der Waals surface area contributed by atoms with E-state index < -0.39 is 0 Å². The summed E-state index contributed by atoms with van der Waals surface area (Å²) in [6, 6.07) is 6.02. The van der Waals surface area contributed by atoms with Gasteiger partial charge in [0.05, 0.1) is 7.11 Å². The monoisotopic (exact) mass is 219 g/mol. The van der Waals surface area contributed by atoms with Crippen LogP contribution in [0.3, 0.4) is 0 Å². The first kappa shape index (κ1) is 9.97. The number of hydrogen-bond acceptors (Lipinski definition) is 3. The highest BCUT2D eigenvalue weighted by Gasteiger charge is 2.37. The molecule has 1 fully saturated rings. The lowest BCUT2D eigenvalue weighted by atomic mass is 9.95. The molecule has 1 aromatic rings. The molecule has 0 amide bonds. The first-order valence-corrected chi connectivity index (χ1v) is 5.88. The fourth-order valence-corrected chi connectivity index (χ4v) is 2.40. The van der Waals surface area contributed by atoms with Crippen LogP contribution in [0.15, 0.2) is 18.2 Å². The van der Waals surface area contributed by atoms with Gasteiger partial charge in [0.25, 0.3) is 0 Å². The van der Waals surface area contributed by atoms with E-state index in [-0.39, 0.29) is 6.04 Å². The van der Waals surface area contributed by atoms with E-state index in [1.54, 1.807) is 7.11 Å². The minimum absolute atomic E-state index is 0.111. The highest BCUT2D eigenvalue weighted by molar-refractivity contribution is 5.44. The van der Waals surface area contributed by atoms with E-state index in [2.05, 4.69) is 0 Å². The van der Waals surface area contributed by atoms with Crippen LogP contribution in [-0.4, -0.2) is 13.2 Å².